The standard InChI is InChI=1S/C26H28N4O2S/c1-18-22-17-20(5-6-24(22)33-25(18)23-7-8-28-26(27)29-23)15-19-3-2-4-21(16-19)32-14-11-30-9-12-31-13-10-30/h2-8,16-17H,9-15H2,1H3,(H2,27,28,29). The molecular formula is C26H28N4O2S. The van der Waals surface area contributed by atoms with Gasteiger partial charge >= 0.3 is 0 Å². The molecule has 2 N–H and O–H groups in total. The van der Waals surface area contributed by atoms with Crippen molar-refractivity contribution in [3.63, 3.8) is 0 Å². The molecule has 0 unspecified atom stereocenters. The van der Waals surface area contributed by atoms with Crippen LogP contribution in [0.2, 0.25) is 0 Å². The predicted octanol–water partition coefficient (Wildman–Crippen LogP) is 4.55. The lowest BCUT2D eigenvalue weighted by Gasteiger charge is -2.26. The Morgan fingerprint density at radius 1 is 1.09 bits per heavy atom. The quantitative estimate of drug-likeness (QED) is 0.436. The van der Waals surface area contributed by atoms with Crippen molar-refractivity contribution in [3.05, 3.63) is 71.4 Å². The van der Waals surface area contributed by atoms with Crippen LogP contribution < -0.4 is 10.5 Å². The molecule has 1 aliphatic heterocycles. The fraction of sp³-hybridized carbons (Fsp3) is 0.308. The summed E-state index contributed by atoms with van der Waals surface area (Å²) in [6.45, 7) is 7.39. The average molecular weight is 461 g/mol. The van der Waals surface area contributed by atoms with Gasteiger partial charge in [0, 0.05) is 30.5 Å². The number of aryl methyl sites for hydroxylation is 1. The fourth-order valence-electron chi connectivity index (χ4n) is 4.22. The molecule has 0 atom stereocenters. The number of nitrogens with two attached hydrogens (primary N) is 1. The summed E-state index contributed by atoms with van der Waals surface area (Å²) < 4.78 is 12.7. The van der Waals surface area contributed by atoms with E-state index in [-0.39, 0.29) is 0 Å². The van der Waals surface area contributed by atoms with Crippen molar-refractivity contribution < 1.29 is 9.47 Å². The van der Waals surface area contributed by atoms with Crippen LogP contribution in [0.3, 0.4) is 0 Å². The summed E-state index contributed by atoms with van der Waals surface area (Å²) in [7, 11) is 0. The minimum atomic E-state index is 0.303. The van der Waals surface area contributed by atoms with E-state index in [4.69, 9.17) is 15.2 Å². The number of nitrogens with zero attached hydrogens (tertiary/aromatic N) is 3. The highest BCUT2D eigenvalue weighted by Crippen LogP contribution is 2.38. The molecule has 170 valence electrons. The fourth-order valence-corrected chi connectivity index (χ4v) is 5.38. The summed E-state index contributed by atoms with van der Waals surface area (Å²) >= 11 is 1.75. The van der Waals surface area contributed by atoms with E-state index in [0.717, 1.165) is 55.6 Å². The molecule has 1 saturated heterocycles. The second kappa shape index (κ2) is 9.87. The molecule has 6 nitrogen and oxygen atoms in total. The van der Waals surface area contributed by atoms with Crippen LogP contribution in [0.25, 0.3) is 20.7 Å². The molecule has 0 saturated carbocycles. The number of morpholine rings is 1. The zero-order valence-electron chi connectivity index (χ0n) is 18.8. The number of hydrogen-bond acceptors (Lipinski definition) is 7. The molecule has 1 aliphatic rings. The number of fused-ring (bicyclic) bond motifs is 1. The van der Waals surface area contributed by atoms with E-state index in [1.165, 1.54) is 26.8 Å². The van der Waals surface area contributed by atoms with Crippen LogP contribution in [0.15, 0.2) is 54.7 Å². The normalized spacial score (nSPS) is 14.6. The van der Waals surface area contributed by atoms with Gasteiger partial charge in [-0.15, -0.1) is 11.3 Å². The summed E-state index contributed by atoms with van der Waals surface area (Å²) in [6.07, 6.45) is 2.57. The lowest BCUT2D eigenvalue weighted by molar-refractivity contribution is 0.0322. The zero-order valence-corrected chi connectivity index (χ0v) is 19.6. The Morgan fingerprint density at radius 2 is 1.94 bits per heavy atom. The van der Waals surface area contributed by atoms with Gasteiger partial charge in [-0.25, -0.2) is 9.97 Å². The Bertz CT molecular complexity index is 1250. The van der Waals surface area contributed by atoms with Crippen LogP contribution in [0.5, 0.6) is 5.75 Å². The number of thiophene rings is 1. The molecule has 0 amide bonds. The molecule has 7 heteroatoms. The molecule has 2 aromatic heterocycles. The van der Waals surface area contributed by atoms with Gasteiger partial charge in [0.2, 0.25) is 5.95 Å². The van der Waals surface area contributed by atoms with E-state index < -0.39 is 0 Å². The minimum Gasteiger partial charge on any atom is -0.492 e. The number of benzene rings is 2. The number of ether oxygens (including phenoxy) is 2. The van der Waals surface area contributed by atoms with Gasteiger partial charge in [-0.05, 0) is 65.8 Å². The van der Waals surface area contributed by atoms with Gasteiger partial charge in [0.15, 0.2) is 0 Å². The monoisotopic (exact) mass is 460 g/mol. The van der Waals surface area contributed by atoms with Crippen molar-refractivity contribution in [1.29, 1.82) is 0 Å². The van der Waals surface area contributed by atoms with E-state index in [0.29, 0.717) is 12.6 Å². The molecule has 3 heterocycles. The molecule has 2 aromatic carbocycles. The van der Waals surface area contributed by atoms with Crippen LogP contribution in [0.4, 0.5) is 5.95 Å². The van der Waals surface area contributed by atoms with Crippen LogP contribution in [-0.2, 0) is 11.2 Å². The molecular weight excluding hydrogens is 432 g/mol. The third-order valence-corrected chi connectivity index (χ3v) is 7.29. The average Bonchev–Trinajstić information content (AvgIpc) is 3.16. The van der Waals surface area contributed by atoms with Crippen molar-refractivity contribution in [2.75, 3.05) is 45.2 Å². The van der Waals surface area contributed by atoms with Gasteiger partial charge in [-0.1, -0.05) is 18.2 Å². The third kappa shape index (κ3) is 5.16. The van der Waals surface area contributed by atoms with Gasteiger partial charge in [0.25, 0.3) is 0 Å². The highest BCUT2D eigenvalue weighted by Gasteiger charge is 2.13. The SMILES string of the molecule is Cc1c(-c2ccnc(N)n2)sc2ccc(Cc3cccc(OCCN4CCOCC4)c3)cc12. The van der Waals surface area contributed by atoms with Gasteiger partial charge in [0.1, 0.15) is 12.4 Å². The van der Waals surface area contributed by atoms with Gasteiger partial charge in [0.05, 0.1) is 23.8 Å². The van der Waals surface area contributed by atoms with E-state index >= 15 is 0 Å². The summed E-state index contributed by atoms with van der Waals surface area (Å²) in [6, 6.07) is 17.1. The van der Waals surface area contributed by atoms with Crippen molar-refractivity contribution in [3.8, 4) is 16.3 Å². The summed E-state index contributed by atoms with van der Waals surface area (Å²) in [5, 5.41) is 1.27. The number of nitrogen functional groups attached to an aromatic ring is 1. The Kier molecular flexibility index (Phi) is 6.53. The van der Waals surface area contributed by atoms with Crippen molar-refractivity contribution in [1.82, 2.24) is 14.9 Å². The van der Waals surface area contributed by atoms with E-state index in [9.17, 15) is 0 Å². The Hall–Kier alpha value is -3.00. The van der Waals surface area contributed by atoms with Crippen LogP contribution >= 0.6 is 11.3 Å². The minimum absolute atomic E-state index is 0.303. The first-order valence-electron chi connectivity index (χ1n) is 11.3. The Balaban J connectivity index is 1.29. The largest absolute Gasteiger partial charge is 0.492 e. The molecule has 1 fully saturated rings. The lowest BCUT2D eigenvalue weighted by atomic mass is 10.0. The summed E-state index contributed by atoms with van der Waals surface area (Å²) in [5.41, 5.74) is 10.4. The van der Waals surface area contributed by atoms with Crippen molar-refractivity contribution in [2.24, 2.45) is 0 Å². The molecule has 0 radical (unpaired) electrons. The maximum absolute atomic E-state index is 6.04. The molecule has 0 aliphatic carbocycles. The first-order chi connectivity index (χ1) is 16.2. The Labute approximate surface area is 198 Å². The van der Waals surface area contributed by atoms with Gasteiger partial charge < -0.3 is 15.2 Å². The third-order valence-electron chi connectivity index (χ3n) is 5.99. The molecule has 0 bridgehead atoms. The van der Waals surface area contributed by atoms with E-state index in [1.807, 2.05) is 12.1 Å². The maximum Gasteiger partial charge on any atom is 0.220 e. The molecule has 5 rings (SSSR count). The highest BCUT2D eigenvalue weighted by molar-refractivity contribution is 7.22. The topological polar surface area (TPSA) is 73.5 Å². The van der Waals surface area contributed by atoms with Crippen molar-refractivity contribution in [2.45, 2.75) is 13.3 Å². The van der Waals surface area contributed by atoms with Gasteiger partial charge in [-0.2, -0.15) is 0 Å². The van der Waals surface area contributed by atoms with Crippen LogP contribution in [0.1, 0.15) is 16.7 Å². The number of aromatic nitrogens is 2. The molecule has 0 spiro atoms. The second-order valence-electron chi connectivity index (χ2n) is 8.31. The number of hydrogen-bond donors (Lipinski definition) is 1. The molecule has 33 heavy (non-hydrogen) atoms. The first-order valence-corrected chi connectivity index (χ1v) is 12.1. The predicted molar refractivity (Wildman–Crippen MR) is 134 cm³/mol. The van der Waals surface area contributed by atoms with Crippen LogP contribution in [-0.4, -0.2) is 54.3 Å². The van der Waals surface area contributed by atoms with Gasteiger partial charge in [-0.3, -0.25) is 4.90 Å². The maximum atomic E-state index is 6.04. The van der Waals surface area contributed by atoms with E-state index in [2.05, 4.69) is 58.2 Å². The first kappa shape index (κ1) is 21.8. The smallest absolute Gasteiger partial charge is 0.220 e. The second-order valence-corrected chi connectivity index (χ2v) is 9.37. The van der Waals surface area contributed by atoms with E-state index in [1.54, 1.807) is 17.5 Å². The Morgan fingerprint density at radius 3 is 2.79 bits per heavy atom. The summed E-state index contributed by atoms with van der Waals surface area (Å²) in [5.74, 6) is 1.23. The van der Waals surface area contributed by atoms with Crippen LogP contribution in [0, 0.1) is 6.92 Å². The number of rotatable bonds is 7. The van der Waals surface area contributed by atoms with Crippen molar-refractivity contribution >= 4 is 27.4 Å². The molecule has 4 aromatic rings. The lowest BCUT2D eigenvalue weighted by Crippen LogP contribution is -2.38. The summed E-state index contributed by atoms with van der Waals surface area (Å²) in [4.78, 5) is 12.0. The zero-order chi connectivity index (χ0) is 22.6. The highest BCUT2D eigenvalue weighted by atomic mass is 32.1. The number of anilines is 1.